The monoisotopic (exact) mass is 439 g/mol. The smallest absolute Gasteiger partial charge is 0.156 e. The van der Waals surface area contributed by atoms with Crippen LogP contribution >= 0.6 is 0 Å². The fourth-order valence-electron chi connectivity index (χ4n) is 4.88. The molecule has 1 aliphatic carbocycles. The second-order valence-corrected chi connectivity index (χ2v) is 10.7. The minimum absolute atomic E-state index is 0.122. The molecule has 0 radical (unpaired) electrons. The summed E-state index contributed by atoms with van der Waals surface area (Å²) in [5.74, 6) is 2.24. The average molecular weight is 440 g/mol. The number of hydrogen-bond acceptors (Lipinski definition) is 6. The van der Waals surface area contributed by atoms with Gasteiger partial charge < -0.3 is 19.5 Å². The van der Waals surface area contributed by atoms with Crippen LogP contribution in [0.25, 0.3) is 22.4 Å². The Morgan fingerprint density at radius 1 is 1.19 bits per heavy atom. The molecule has 5 rings (SSSR count). The molecule has 3 aromatic heterocycles. The van der Waals surface area contributed by atoms with Crippen molar-refractivity contribution in [1.29, 1.82) is 0 Å². The van der Waals surface area contributed by atoms with Crippen LogP contribution in [0, 0.1) is 5.41 Å². The summed E-state index contributed by atoms with van der Waals surface area (Å²) >= 11 is -0.719. The number of nitrogens with zero attached hydrogens (tertiary/aromatic N) is 4. The molecule has 2 fully saturated rings. The molecule has 8 heteroatoms. The normalized spacial score (nSPS) is 20.8. The number of aliphatic hydroxyl groups excluding tert-OH is 1. The quantitative estimate of drug-likeness (QED) is 0.603. The van der Waals surface area contributed by atoms with Gasteiger partial charge in [-0.05, 0) is 30.4 Å². The molecule has 7 nitrogen and oxygen atoms in total. The van der Waals surface area contributed by atoms with Crippen molar-refractivity contribution in [2.24, 2.45) is 5.41 Å². The van der Waals surface area contributed by atoms with E-state index in [0.717, 1.165) is 66.9 Å². The minimum atomic E-state index is -0.719. The first-order valence-electron chi connectivity index (χ1n) is 11.1. The summed E-state index contributed by atoms with van der Waals surface area (Å²) in [7, 11) is 0. The summed E-state index contributed by atoms with van der Waals surface area (Å²) in [5, 5.41) is 11.3. The van der Waals surface area contributed by atoms with E-state index in [4.69, 9.17) is 4.98 Å². The molecule has 164 valence electrons. The van der Waals surface area contributed by atoms with Crippen molar-refractivity contribution in [3.63, 3.8) is 0 Å². The zero-order chi connectivity index (χ0) is 21.4. The van der Waals surface area contributed by atoms with Crippen molar-refractivity contribution in [1.82, 2.24) is 19.9 Å². The predicted molar refractivity (Wildman–Crippen MR) is 123 cm³/mol. The molecule has 4 heterocycles. The van der Waals surface area contributed by atoms with E-state index in [1.807, 2.05) is 18.3 Å². The van der Waals surface area contributed by atoms with Crippen LogP contribution in [0.3, 0.4) is 0 Å². The molecule has 1 aliphatic heterocycles. The van der Waals surface area contributed by atoms with Gasteiger partial charge in [0.2, 0.25) is 0 Å². The number of hydrogen-bond donors (Lipinski definition) is 2. The van der Waals surface area contributed by atoms with Gasteiger partial charge in [0.15, 0.2) is 5.65 Å². The van der Waals surface area contributed by atoms with Crippen LogP contribution in [0.2, 0.25) is 0 Å². The number of fused-ring (bicyclic) bond motifs is 1. The molecule has 1 atom stereocenters. The van der Waals surface area contributed by atoms with Crippen LogP contribution < -0.4 is 4.90 Å². The number of nitrogens with one attached hydrogen (secondary N) is 1. The number of H-pyrrole nitrogens is 1. The van der Waals surface area contributed by atoms with Gasteiger partial charge in [-0.1, -0.05) is 37.4 Å². The van der Waals surface area contributed by atoms with Crippen molar-refractivity contribution in [2.45, 2.75) is 45.1 Å². The molecule has 0 bridgehead atoms. The molecule has 0 amide bonds. The Balaban J connectivity index is 1.46. The highest BCUT2D eigenvalue weighted by molar-refractivity contribution is 7.91. The highest BCUT2D eigenvalue weighted by Gasteiger charge is 2.37. The van der Waals surface area contributed by atoms with Crippen molar-refractivity contribution < 1.29 is 9.66 Å². The molecule has 2 N–H and O–H groups in total. The van der Waals surface area contributed by atoms with Gasteiger partial charge in [-0.15, -0.1) is 0 Å². The largest absolute Gasteiger partial charge is 0.616 e. The molecular weight excluding hydrogens is 410 g/mol. The average Bonchev–Trinajstić information content (AvgIpc) is 3.23. The molecule has 0 spiro atoms. The Kier molecular flexibility index (Phi) is 5.62. The maximum atomic E-state index is 11.7. The van der Waals surface area contributed by atoms with Gasteiger partial charge in [-0.25, -0.2) is 15.0 Å². The first-order valence-corrected chi connectivity index (χ1v) is 12.6. The zero-order valence-corrected chi connectivity index (χ0v) is 18.7. The Bertz CT molecular complexity index is 1060. The molecule has 0 aromatic carbocycles. The minimum Gasteiger partial charge on any atom is -0.616 e. The van der Waals surface area contributed by atoms with Crippen molar-refractivity contribution in [3.8, 4) is 11.3 Å². The first kappa shape index (κ1) is 20.7. The number of rotatable bonds is 4. The van der Waals surface area contributed by atoms with Crippen LogP contribution in [0.15, 0.2) is 30.7 Å². The second kappa shape index (κ2) is 8.41. The number of aliphatic hydroxyl groups is 1. The van der Waals surface area contributed by atoms with Crippen LogP contribution in [0.5, 0.6) is 0 Å². The third-order valence-corrected chi connectivity index (χ3v) is 8.18. The van der Waals surface area contributed by atoms with E-state index in [9.17, 15) is 9.66 Å². The Labute approximate surface area is 185 Å². The summed E-state index contributed by atoms with van der Waals surface area (Å²) in [6, 6.07) is 3.96. The van der Waals surface area contributed by atoms with Gasteiger partial charge in [-0.3, -0.25) is 0 Å². The molecular formula is C23H29N5O2S. The third-order valence-electron chi connectivity index (χ3n) is 6.90. The molecule has 1 saturated carbocycles. The van der Waals surface area contributed by atoms with E-state index < -0.39 is 17.3 Å². The summed E-state index contributed by atoms with van der Waals surface area (Å²) in [5.41, 5.74) is 3.86. The number of aromatic nitrogens is 4. The second-order valence-electron chi connectivity index (χ2n) is 9.05. The summed E-state index contributed by atoms with van der Waals surface area (Å²) < 4.78 is 11.7. The standard InChI is InChI=1S/C23H29N5O2S/c1-23(6-3-2-4-7-23)21(29)17-14-25-22-20(17)27-18(15-26-22)16-5-8-24-19(13-16)28-9-11-31(30)12-10-28/h5,8,13-15,21,29H,2-4,6-7,9-12H2,1H3,(H,25,26). The molecule has 1 unspecified atom stereocenters. The molecule has 1 saturated heterocycles. The topological polar surface area (TPSA) is 101 Å². The zero-order valence-electron chi connectivity index (χ0n) is 17.9. The summed E-state index contributed by atoms with van der Waals surface area (Å²) in [4.78, 5) is 19.4. The Morgan fingerprint density at radius 3 is 2.74 bits per heavy atom. The van der Waals surface area contributed by atoms with E-state index >= 15 is 0 Å². The van der Waals surface area contributed by atoms with Gasteiger partial charge in [0.05, 0.1) is 31.1 Å². The van der Waals surface area contributed by atoms with Crippen molar-refractivity contribution >= 4 is 28.2 Å². The molecule has 3 aromatic rings. The van der Waals surface area contributed by atoms with Gasteiger partial charge in [0.1, 0.15) is 22.8 Å². The highest BCUT2D eigenvalue weighted by Crippen LogP contribution is 2.46. The van der Waals surface area contributed by atoms with Gasteiger partial charge in [0.25, 0.3) is 0 Å². The fraction of sp³-hybridized carbons (Fsp3) is 0.522. The molecule has 2 aliphatic rings. The van der Waals surface area contributed by atoms with E-state index in [2.05, 4.69) is 26.8 Å². The Hall–Kier alpha value is -2.16. The Morgan fingerprint density at radius 2 is 1.97 bits per heavy atom. The van der Waals surface area contributed by atoms with Gasteiger partial charge >= 0.3 is 0 Å². The van der Waals surface area contributed by atoms with E-state index in [1.165, 1.54) is 6.42 Å². The van der Waals surface area contributed by atoms with Crippen LogP contribution in [-0.4, -0.2) is 54.2 Å². The van der Waals surface area contributed by atoms with Crippen LogP contribution in [0.1, 0.15) is 50.7 Å². The van der Waals surface area contributed by atoms with E-state index in [0.29, 0.717) is 17.2 Å². The third kappa shape index (κ3) is 4.04. The lowest BCUT2D eigenvalue weighted by atomic mass is 9.70. The number of pyridine rings is 1. The van der Waals surface area contributed by atoms with E-state index in [1.54, 1.807) is 12.4 Å². The van der Waals surface area contributed by atoms with Crippen LogP contribution in [0.4, 0.5) is 5.82 Å². The van der Waals surface area contributed by atoms with Gasteiger partial charge in [-0.2, -0.15) is 0 Å². The van der Waals surface area contributed by atoms with Crippen LogP contribution in [-0.2, 0) is 11.2 Å². The summed E-state index contributed by atoms with van der Waals surface area (Å²) in [6.07, 6.45) is 10.5. The summed E-state index contributed by atoms with van der Waals surface area (Å²) in [6.45, 7) is 3.69. The number of anilines is 1. The lowest BCUT2D eigenvalue weighted by Gasteiger charge is -2.37. The lowest BCUT2D eigenvalue weighted by molar-refractivity contribution is 0.00908. The van der Waals surface area contributed by atoms with Crippen molar-refractivity contribution in [3.05, 3.63) is 36.3 Å². The maximum Gasteiger partial charge on any atom is 0.156 e. The first-order chi connectivity index (χ1) is 15.0. The van der Waals surface area contributed by atoms with Gasteiger partial charge in [0, 0.05) is 23.5 Å². The van der Waals surface area contributed by atoms with Crippen molar-refractivity contribution in [2.75, 3.05) is 29.5 Å². The molecule has 31 heavy (non-hydrogen) atoms. The predicted octanol–water partition coefficient (Wildman–Crippen LogP) is 3.59. The highest BCUT2D eigenvalue weighted by atomic mass is 32.2. The SMILES string of the molecule is CC1(C(O)c2c[nH]c3ncc(-c4ccnc(N5CC[S+]([O-])CC5)c4)nc23)CCCCC1. The van der Waals surface area contributed by atoms with E-state index in [-0.39, 0.29) is 5.41 Å². The maximum absolute atomic E-state index is 11.7. The fourth-order valence-corrected chi connectivity index (χ4v) is 5.94. The lowest BCUT2D eigenvalue weighted by Crippen LogP contribution is -2.40. The number of aromatic amines is 1.